The fraction of sp³-hybridized carbons (Fsp3) is 0.400. The molecule has 3 nitrogen and oxygen atoms in total. The molecule has 2 aromatic carbocycles. The summed E-state index contributed by atoms with van der Waals surface area (Å²) in [7, 11) is -0.941. The van der Waals surface area contributed by atoms with Gasteiger partial charge in [0.25, 0.3) is 0 Å². The fourth-order valence-electron chi connectivity index (χ4n) is 3.60. The molecule has 1 aliphatic carbocycles. The summed E-state index contributed by atoms with van der Waals surface area (Å²) in [6.45, 7) is 1.63. The topological polar surface area (TPSA) is 40.5 Å². The van der Waals surface area contributed by atoms with E-state index in [1.165, 1.54) is 23.1 Å². The average molecular weight is 343 g/mol. The maximum Gasteiger partial charge on any atom is 0.0558 e. The molecule has 0 fully saturated rings. The molecular weight excluding hydrogens is 318 g/mol. The van der Waals surface area contributed by atoms with E-state index < -0.39 is 10.8 Å². The fourth-order valence-corrected chi connectivity index (χ4v) is 4.12. The van der Waals surface area contributed by atoms with E-state index >= 15 is 0 Å². The van der Waals surface area contributed by atoms with Crippen LogP contribution in [0.15, 0.2) is 53.4 Å². The van der Waals surface area contributed by atoms with Crippen LogP contribution in [0.2, 0.25) is 0 Å². The van der Waals surface area contributed by atoms with Gasteiger partial charge in [0.1, 0.15) is 0 Å². The zero-order chi connectivity index (χ0) is 16.9. The Hall–Kier alpha value is -1.49. The Kier molecular flexibility index (Phi) is 5.82. The number of hydrogen-bond acceptors (Lipinski definition) is 3. The van der Waals surface area contributed by atoms with E-state index in [2.05, 4.69) is 41.3 Å². The largest absolute Gasteiger partial charge is 0.395 e. The molecule has 1 aliphatic rings. The number of aliphatic hydroxyl groups is 1. The minimum absolute atomic E-state index is 0.162. The highest BCUT2D eigenvalue weighted by Crippen LogP contribution is 2.34. The van der Waals surface area contributed by atoms with Crippen LogP contribution < -0.4 is 0 Å². The number of rotatable bonds is 6. The maximum absolute atomic E-state index is 11.5. The van der Waals surface area contributed by atoms with Crippen LogP contribution in [0.5, 0.6) is 0 Å². The number of benzene rings is 2. The molecule has 3 rings (SSSR count). The molecule has 0 saturated heterocycles. The molecule has 0 amide bonds. The van der Waals surface area contributed by atoms with Crippen LogP contribution in [0.25, 0.3) is 0 Å². The van der Waals surface area contributed by atoms with Crippen LogP contribution >= 0.6 is 0 Å². The van der Waals surface area contributed by atoms with Gasteiger partial charge < -0.3 is 5.11 Å². The summed E-state index contributed by atoms with van der Waals surface area (Å²) in [4.78, 5) is 3.23. The van der Waals surface area contributed by atoms with Gasteiger partial charge in [-0.15, -0.1) is 0 Å². The Morgan fingerprint density at radius 3 is 2.62 bits per heavy atom. The molecule has 0 aliphatic heterocycles. The Morgan fingerprint density at radius 2 is 1.92 bits per heavy atom. The van der Waals surface area contributed by atoms with Gasteiger partial charge in [0.05, 0.1) is 6.61 Å². The smallest absolute Gasteiger partial charge is 0.0558 e. The molecule has 2 aromatic rings. The van der Waals surface area contributed by atoms with E-state index in [-0.39, 0.29) is 6.61 Å². The normalized spacial score (nSPS) is 18.4. The first-order valence-electron chi connectivity index (χ1n) is 8.54. The predicted octanol–water partition coefficient (Wildman–Crippen LogP) is 3.30. The van der Waals surface area contributed by atoms with Gasteiger partial charge in [0.2, 0.25) is 0 Å². The van der Waals surface area contributed by atoms with Crippen LogP contribution in [0, 0.1) is 0 Å². The van der Waals surface area contributed by atoms with Crippen molar-refractivity contribution in [3.63, 3.8) is 0 Å². The minimum atomic E-state index is -0.941. The van der Waals surface area contributed by atoms with Gasteiger partial charge in [-0.25, -0.2) is 0 Å². The Morgan fingerprint density at radius 1 is 1.17 bits per heavy atom. The molecule has 2 atom stereocenters. The summed E-state index contributed by atoms with van der Waals surface area (Å²) >= 11 is 0. The van der Waals surface area contributed by atoms with E-state index in [4.69, 9.17) is 0 Å². The Labute approximate surface area is 146 Å². The zero-order valence-corrected chi connectivity index (χ0v) is 15.0. The van der Waals surface area contributed by atoms with Crippen LogP contribution in [-0.4, -0.2) is 33.6 Å². The van der Waals surface area contributed by atoms with Crippen LogP contribution in [-0.2, 0) is 23.8 Å². The third kappa shape index (κ3) is 3.94. The molecule has 0 radical (unpaired) electrons. The molecular formula is C20H25NO2S. The van der Waals surface area contributed by atoms with E-state index in [9.17, 15) is 9.32 Å². The third-order valence-electron chi connectivity index (χ3n) is 4.81. The molecule has 2 unspecified atom stereocenters. The summed E-state index contributed by atoms with van der Waals surface area (Å²) in [6.07, 6.45) is 5.17. The second-order valence-electron chi connectivity index (χ2n) is 6.40. The van der Waals surface area contributed by atoms with Crippen molar-refractivity contribution >= 4 is 10.8 Å². The minimum Gasteiger partial charge on any atom is -0.395 e. The Balaban J connectivity index is 1.81. The van der Waals surface area contributed by atoms with Gasteiger partial charge in [-0.1, -0.05) is 36.4 Å². The first-order chi connectivity index (χ1) is 11.7. The second-order valence-corrected chi connectivity index (χ2v) is 7.78. The van der Waals surface area contributed by atoms with Crippen LogP contribution in [0.4, 0.5) is 0 Å². The van der Waals surface area contributed by atoms with Crippen molar-refractivity contribution in [1.29, 1.82) is 0 Å². The van der Waals surface area contributed by atoms with Gasteiger partial charge in [-0.05, 0) is 48.1 Å². The summed E-state index contributed by atoms with van der Waals surface area (Å²) in [5, 5.41) is 9.53. The molecule has 0 saturated carbocycles. The van der Waals surface area contributed by atoms with Gasteiger partial charge in [0, 0.05) is 41.1 Å². The lowest BCUT2D eigenvalue weighted by Crippen LogP contribution is -2.33. The van der Waals surface area contributed by atoms with Crippen molar-refractivity contribution in [2.24, 2.45) is 0 Å². The summed E-state index contributed by atoms with van der Waals surface area (Å²) in [5.41, 5.74) is 4.04. The summed E-state index contributed by atoms with van der Waals surface area (Å²) in [6, 6.07) is 17.0. The van der Waals surface area contributed by atoms with Crippen molar-refractivity contribution in [2.45, 2.75) is 36.7 Å². The molecule has 4 heteroatoms. The molecule has 0 spiro atoms. The number of aryl methyl sites for hydroxylation is 1. The third-order valence-corrected chi connectivity index (χ3v) is 5.74. The Bertz CT molecular complexity index is 699. The molecule has 0 aromatic heterocycles. The van der Waals surface area contributed by atoms with Crippen molar-refractivity contribution in [2.75, 3.05) is 19.4 Å². The molecule has 128 valence electrons. The maximum atomic E-state index is 11.5. The lowest BCUT2D eigenvalue weighted by molar-refractivity contribution is 0.131. The highest BCUT2D eigenvalue weighted by atomic mass is 32.2. The SMILES string of the molecule is CS(=O)c1ccc(CN(CCO)C2CCCc3ccccc32)cc1. The number of fused-ring (bicyclic) bond motifs is 1. The van der Waals surface area contributed by atoms with Gasteiger partial charge in [-0.3, -0.25) is 9.11 Å². The van der Waals surface area contributed by atoms with Gasteiger partial charge >= 0.3 is 0 Å². The highest BCUT2D eigenvalue weighted by Gasteiger charge is 2.25. The van der Waals surface area contributed by atoms with Crippen LogP contribution in [0.3, 0.4) is 0 Å². The molecule has 0 bridgehead atoms. The van der Waals surface area contributed by atoms with Crippen molar-refractivity contribution < 1.29 is 9.32 Å². The first-order valence-corrected chi connectivity index (χ1v) is 10.1. The summed E-state index contributed by atoms with van der Waals surface area (Å²) < 4.78 is 11.5. The number of nitrogens with zero attached hydrogens (tertiary/aromatic N) is 1. The second kappa shape index (κ2) is 8.06. The van der Waals surface area contributed by atoms with E-state index in [1.54, 1.807) is 6.26 Å². The van der Waals surface area contributed by atoms with Crippen molar-refractivity contribution in [3.8, 4) is 0 Å². The van der Waals surface area contributed by atoms with E-state index in [0.717, 1.165) is 24.3 Å². The number of hydrogen-bond donors (Lipinski definition) is 1. The van der Waals surface area contributed by atoms with E-state index in [0.29, 0.717) is 12.6 Å². The molecule has 1 N–H and O–H groups in total. The standard InChI is InChI=1S/C20H25NO2S/c1-24(23)18-11-9-16(10-12-18)15-21(13-14-22)20-8-4-6-17-5-2-3-7-19(17)20/h2-3,5,7,9-12,20,22H,4,6,8,13-15H2,1H3. The summed E-state index contributed by atoms with van der Waals surface area (Å²) in [5.74, 6) is 0. The van der Waals surface area contributed by atoms with Crippen molar-refractivity contribution in [1.82, 2.24) is 4.90 Å². The predicted molar refractivity (Wildman–Crippen MR) is 98.4 cm³/mol. The van der Waals surface area contributed by atoms with E-state index in [1.807, 2.05) is 12.1 Å². The average Bonchev–Trinajstić information content (AvgIpc) is 2.61. The molecule has 24 heavy (non-hydrogen) atoms. The lowest BCUT2D eigenvalue weighted by atomic mass is 9.86. The van der Waals surface area contributed by atoms with Crippen LogP contribution in [0.1, 0.15) is 35.6 Å². The van der Waals surface area contributed by atoms with Gasteiger partial charge in [-0.2, -0.15) is 0 Å². The highest BCUT2D eigenvalue weighted by molar-refractivity contribution is 7.84. The quantitative estimate of drug-likeness (QED) is 0.875. The number of aliphatic hydroxyl groups excluding tert-OH is 1. The first kappa shape index (κ1) is 17.3. The zero-order valence-electron chi connectivity index (χ0n) is 14.1. The monoisotopic (exact) mass is 343 g/mol. The van der Waals surface area contributed by atoms with Gasteiger partial charge in [0.15, 0.2) is 0 Å². The molecule has 0 heterocycles. The van der Waals surface area contributed by atoms with Crippen molar-refractivity contribution in [3.05, 3.63) is 65.2 Å². The lowest BCUT2D eigenvalue weighted by Gasteiger charge is -2.35.